The van der Waals surface area contributed by atoms with Gasteiger partial charge in [0, 0.05) is 25.0 Å². The summed E-state index contributed by atoms with van der Waals surface area (Å²) in [7, 11) is 1.53. The molecule has 0 radical (unpaired) electrons. The fraction of sp³-hybridized carbons (Fsp3) is 0.263. The van der Waals surface area contributed by atoms with Crippen LogP contribution in [0.3, 0.4) is 0 Å². The molecule has 0 fully saturated rings. The first-order valence-corrected chi connectivity index (χ1v) is 8.29. The molecule has 3 amide bonds. The van der Waals surface area contributed by atoms with Gasteiger partial charge in [0.05, 0.1) is 6.61 Å². The van der Waals surface area contributed by atoms with E-state index < -0.39 is 6.09 Å². The fourth-order valence-corrected chi connectivity index (χ4v) is 2.19. The number of rotatable bonds is 8. The summed E-state index contributed by atoms with van der Waals surface area (Å²) in [5, 5.41) is 8.12. The average molecular weight is 357 g/mol. The summed E-state index contributed by atoms with van der Waals surface area (Å²) < 4.78 is 9.73. The quantitative estimate of drug-likeness (QED) is 0.633. The maximum Gasteiger partial charge on any atom is 0.411 e. The molecule has 0 heterocycles. The lowest BCUT2D eigenvalue weighted by atomic mass is 10.1. The zero-order valence-electron chi connectivity index (χ0n) is 14.7. The minimum absolute atomic E-state index is 0.171. The number of carbonyl (C=O) groups is 2. The number of methoxy groups -OCH3 is 1. The van der Waals surface area contributed by atoms with E-state index in [-0.39, 0.29) is 12.6 Å². The third-order valence-electron chi connectivity index (χ3n) is 3.43. The molecule has 0 atom stereocenters. The van der Waals surface area contributed by atoms with Gasteiger partial charge in [-0.3, -0.25) is 5.32 Å². The van der Waals surface area contributed by atoms with Crippen LogP contribution in [0.4, 0.5) is 21.0 Å². The molecule has 2 rings (SSSR count). The first kappa shape index (κ1) is 19.3. The first-order valence-electron chi connectivity index (χ1n) is 8.29. The Hall–Kier alpha value is -3.06. The molecule has 2 aromatic carbocycles. The van der Waals surface area contributed by atoms with E-state index in [0.29, 0.717) is 24.5 Å². The van der Waals surface area contributed by atoms with Crippen LogP contribution in [0.1, 0.15) is 5.56 Å². The second-order valence-corrected chi connectivity index (χ2v) is 5.45. The van der Waals surface area contributed by atoms with Crippen LogP contribution in [0.5, 0.6) is 0 Å². The van der Waals surface area contributed by atoms with Gasteiger partial charge in [0.2, 0.25) is 0 Å². The van der Waals surface area contributed by atoms with E-state index in [1.807, 2.05) is 30.3 Å². The number of carbonyl (C=O) groups excluding carboxylic acids is 2. The van der Waals surface area contributed by atoms with Crippen molar-refractivity contribution in [1.29, 1.82) is 0 Å². The highest BCUT2D eigenvalue weighted by Crippen LogP contribution is 2.15. The van der Waals surface area contributed by atoms with E-state index in [2.05, 4.69) is 16.0 Å². The third-order valence-corrected chi connectivity index (χ3v) is 3.43. The molecule has 0 bridgehead atoms. The van der Waals surface area contributed by atoms with Gasteiger partial charge >= 0.3 is 12.1 Å². The molecule has 0 aliphatic heterocycles. The van der Waals surface area contributed by atoms with Gasteiger partial charge in [-0.1, -0.05) is 36.4 Å². The van der Waals surface area contributed by atoms with Gasteiger partial charge < -0.3 is 20.1 Å². The number of nitrogens with one attached hydrogen (secondary N) is 3. The van der Waals surface area contributed by atoms with Gasteiger partial charge in [0.1, 0.15) is 6.61 Å². The molecule has 3 N–H and O–H groups in total. The molecule has 0 spiro atoms. The Balaban J connectivity index is 1.76. The van der Waals surface area contributed by atoms with Crippen molar-refractivity contribution >= 4 is 23.5 Å². The summed E-state index contributed by atoms with van der Waals surface area (Å²) in [5.74, 6) is 0. The Labute approximate surface area is 152 Å². The van der Waals surface area contributed by atoms with E-state index >= 15 is 0 Å². The highest BCUT2D eigenvalue weighted by Gasteiger charge is 2.05. The van der Waals surface area contributed by atoms with E-state index in [0.717, 1.165) is 12.0 Å². The van der Waals surface area contributed by atoms with E-state index in [9.17, 15) is 9.59 Å². The second-order valence-electron chi connectivity index (χ2n) is 5.45. The molecule has 7 heteroatoms. The predicted molar refractivity (Wildman–Crippen MR) is 100 cm³/mol. The molecule has 138 valence electrons. The Morgan fingerprint density at radius 2 is 1.65 bits per heavy atom. The highest BCUT2D eigenvalue weighted by molar-refractivity contribution is 5.91. The summed E-state index contributed by atoms with van der Waals surface area (Å²) in [4.78, 5) is 23.6. The lowest BCUT2D eigenvalue weighted by molar-refractivity contribution is 0.107. The van der Waals surface area contributed by atoms with Crippen LogP contribution in [0.15, 0.2) is 54.6 Å². The molecule has 0 unspecified atom stereocenters. The topological polar surface area (TPSA) is 88.7 Å². The summed E-state index contributed by atoms with van der Waals surface area (Å²) in [6.07, 6.45) is 0.176. The summed E-state index contributed by atoms with van der Waals surface area (Å²) in [6, 6.07) is 16.4. The Kier molecular flexibility index (Phi) is 7.95. The molecule has 2 aromatic rings. The van der Waals surface area contributed by atoms with Crippen LogP contribution >= 0.6 is 0 Å². The molecule has 0 aliphatic rings. The molecule has 0 aromatic heterocycles. The average Bonchev–Trinajstić information content (AvgIpc) is 2.63. The van der Waals surface area contributed by atoms with Crippen LogP contribution < -0.4 is 16.0 Å². The van der Waals surface area contributed by atoms with Gasteiger partial charge in [-0.15, -0.1) is 0 Å². The van der Waals surface area contributed by atoms with Crippen molar-refractivity contribution in [2.45, 2.75) is 6.42 Å². The van der Waals surface area contributed by atoms with E-state index in [4.69, 9.17) is 9.47 Å². The first-order chi connectivity index (χ1) is 12.7. The van der Waals surface area contributed by atoms with Gasteiger partial charge in [-0.05, 0) is 30.2 Å². The van der Waals surface area contributed by atoms with Crippen LogP contribution in [-0.4, -0.2) is 39.0 Å². The number of hydrogen-bond donors (Lipinski definition) is 3. The van der Waals surface area contributed by atoms with Crippen LogP contribution in [0.2, 0.25) is 0 Å². The van der Waals surface area contributed by atoms with Crippen molar-refractivity contribution in [3.8, 4) is 0 Å². The minimum atomic E-state index is -0.577. The minimum Gasteiger partial charge on any atom is -0.447 e. The number of urea groups is 1. The SMILES string of the molecule is COCCOC(=O)Nc1cccc(NC(=O)NCCc2ccccc2)c1. The fourth-order valence-electron chi connectivity index (χ4n) is 2.19. The van der Waals surface area contributed by atoms with Gasteiger partial charge in [-0.25, -0.2) is 9.59 Å². The molecular weight excluding hydrogens is 334 g/mol. The summed E-state index contributed by atoms with van der Waals surface area (Å²) in [5.41, 5.74) is 2.25. The van der Waals surface area contributed by atoms with Gasteiger partial charge in [-0.2, -0.15) is 0 Å². The normalized spacial score (nSPS) is 10.0. The van der Waals surface area contributed by atoms with Crippen molar-refractivity contribution in [3.05, 3.63) is 60.2 Å². The smallest absolute Gasteiger partial charge is 0.411 e. The van der Waals surface area contributed by atoms with E-state index in [1.165, 1.54) is 7.11 Å². The van der Waals surface area contributed by atoms with E-state index in [1.54, 1.807) is 24.3 Å². The Bertz CT molecular complexity index is 707. The zero-order chi connectivity index (χ0) is 18.6. The summed E-state index contributed by atoms with van der Waals surface area (Å²) in [6.45, 7) is 1.03. The Morgan fingerprint density at radius 1 is 0.923 bits per heavy atom. The zero-order valence-corrected chi connectivity index (χ0v) is 14.7. The molecule has 0 aliphatic carbocycles. The standard InChI is InChI=1S/C19H23N3O4/c1-25-12-13-26-19(24)22-17-9-5-8-16(14-17)21-18(23)20-11-10-15-6-3-2-4-7-15/h2-9,14H,10-13H2,1H3,(H,22,24)(H2,20,21,23). The molecule has 7 nitrogen and oxygen atoms in total. The lowest BCUT2D eigenvalue weighted by Crippen LogP contribution is -2.30. The lowest BCUT2D eigenvalue weighted by Gasteiger charge is -2.10. The Morgan fingerprint density at radius 3 is 2.38 bits per heavy atom. The second kappa shape index (κ2) is 10.7. The monoisotopic (exact) mass is 357 g/mol. The van der Waals surface area contributed by atoms with Crippen LogP contribution in [-0.2, 0) is 15.9 Å². The predicted octanol–water partition coefficient (Wildman–Crippen LogP) is 3.25. The van der Waals surface area contributed by atoms with Gasteiger partial charge in [0.25, 0.3) is 0 Å². The van der Waals surface area contributed by atoms with Crippen molar-refractivity contribution in [2.75, 3.05) is 37.5 Å². The van der Waals surface area contributed by atoms with Gasteiger partial charge in [0.15, 0.2) is 0 Å². The molecule has 0 saturated heterocycles. The third kappa shape index (κ3) is 7.23. The molecule has 26 heavy (non-hydrogen) atoms. The maximum atomic E-state index is 12.0. The van der Waals surface area contributed by atoms with Crippen molar-refractivity contribution in [1.82, 2.24) is 5.32 Å². The number of benzene rings is 2. The van der Waals surface area contributed by atoms with Crippen LogP contribution in [0, 0.1) is 0 Å². The number of ether oxygens (including phenoxy) is 2. The largest absolute Gasteiger partial charge is 0.447 e. The maximum absolute atomic E-state index is 12.0. The molecular formula is C19H23N3O4. The van der Waals surface area contributed by atoms with Crippen LogP contribution in [0.25, 0.3) is 0 Å². The van der Waals surface area contributed by atoms with Crippen molar-refractivity contribution in [3.63, 3.8) is 0 Å². The van der Waals surface area contributed by atoms with Crippen molar-refractivity contribution in [2.24, 2.45) is 0 Å². The van der Waals surface area contributed by atoms with Crippen molar-refractivity contribution < 1.29 is 19.1 Å². The number of amides is 3. The molecule has 0 saturated carbocycles. The number of hydrogen-bond acceptors (Lipinski definition) is 4. The number of anilines is 2. The highest BCUT2D eigenvalue weighted by atomic mass is 16.6. The summed E-state index contributed by atoms with van der Waals surface area (Å²) >= 11 is 0.